The Morgan fingerprint density at radius 1 is 1.03 bits per heavy atom. The number of nitrogens with one attached hydrogen (secondary N) is 1. The van der Waals surface area contributed by atoms with Crippen molar-refractivity contribution < 1.29 is 9.50 Å². The highest BCUT2D eigenvalue weighted by molar-refractivity contribution is 7.15. The first kappa shape index (κ1) is 23.5. The molecule has 2 aromatic carbocycles. The Bertz CT molecular complexity index is 1300. The molecule has 180 valence electrons. The summed E-state index contributed by atoms with van der Waals surface area (Å²) in [6.07, 6.45) is 2.86. The molecular formula is C27H28FN5OS. The largest absolute Gasteiger partial charge is 0.383 e. The van der Waals surface area contributed by atoms with E-state index >= 15 is 0 Å². The zero-order chi connectivity index (χ0) is 24.4. The zero-order valence-corrected chi connectivity index (χ0v) is 20.6. The Morgan fingerprint density at radius 3 is 2.49 bits per heavy atom. The molecule has 2 N–H and O–H groups in total. The van der Waals surface area contributed by atoms with Gasteiger partial charge in [-0.15, -0.1) is 11.3 Å². The van der Waals surface area contributed by atoms with E-state index in [1.165, 1.54) is 17.4 Å². The summed E-state index contributed by atoms with van der Waals surface area (Å²) in [5.41, 5.74) is 1.62. The molecule has 1 atom stereocenters. The summed E-state index contributed by atoms with van der Waals surface area (Å²) >= 11 is 1.38. The van der Waals surface area contributed by atoms with Crippen molar-refractivity contribution in [3.63, 3.8) is 0 Å². The van der Waals surface area contributed by atoms with Gasteiger partial charge < -0.3 is 15.3 Å². The third-order valence-electron chi connectivity index (χ3n) is 6.50. The number of nitrogens with zero attached hydrogens (tertiary/aromatic N) is 4. The smallest absolute Gasteiger partial charge is 0.223 e. The van der Waals surface area contributed by atoms with Crippen LogP contribution in [0.1, 0.15) is 36.4 Å². The van der Waals surface area contributed by atoms with Crippen molar-refractivity contribution in [1.29, 1.82) is 0 Å². The molecule has 0 spiro atoms. The van der Waals surface area contributed by atoms with E-state index in [0.29, 0.717) is 40.7 Å². The third kappa shape index (κ3) is 4.96. The van der Waals surface area contributed by atoms with Crippen LogP contribution in [0.15, 0.2) is 66.9 Å². The van der Waals surface area contributed by atoms with E-state index in [-0.39, 0.29) is 11.9 Å². The van der Waals surface area contributed by atoms with Crippen LogP contribution < -0.4 is 5.32 Å². The Hall–Kier alpha value is -3.20. The number of aromatic nitrogens is 3. The molecule has 0 amide bonds. The minimum atomic E-state index is -1.04. The SMILES string of the molecule is C[C@H](Nc1nccc(-c2sc(C3(O)CCN(C)CC3)nc2-c2ccccc2F)n1)c1ccccc1. The van der Waals surface area contributed by atoms with Crippen molar-refractivity contribution in [2.45, 2.75) is 31.4 Å². The summed E-state index contributed by atoms with van der Waals surface area (Å²) in [4.78, 5) is 16.9. The second-order valence-corrected chi connectivity index (χ2v) is 10.1. The molecule has 0 radical (unpaired) electrons. The molecule has 4 aromatic rings. The second-order valence-electron chi connectivity index (χ2n) is 9.05. The molecule has 8 heteroatoms. The Labute approximate surface area is 208 Å². The van der Waals surface area contributed by atoms with Crippen molar-refractivity contribution >= 4 is 17.3 Å². The van der Waals surface area contributed by atoms with Crippen LogP contribution in [0.5, 0.6) is 0 Å². The number of thiazole rings is 1. The maximum atomic E-state index is 14.9. The molecule has 0 aliphatic carbocycles. The predicted molar refractivity (Wildman–Crippen MR) is 138 cm³/mol. The summed E-state index contributed by atoms with van der Waals surface area (Å²) in [7, 11) is 2.05. The van der Waals surface area contributed by atoms with Gasteiger partial charge in [-0.2, -0.15) is 0 Å². The van der Waals surface area contributed by atoms with Gasteiger partial charge >= 0.3 is 0 Å². The molecule has 6 nitrogen and oxygen atoms in total. The quantitative estimate of drug-likeness (QED) is 0.373. The van der Waals surface area contributed by atoms with Crippen LogP contribution in [0.4, 0.5) is 10.3 Å². The lowest BCUT2D eigenvalue weighted by Crippen LogP contribution is -2.40. The van der Waals surface area contributed by atoms with E-state index in [4.69, 9.17) is 9.97 Å². The molecule has 1 saturated heterocycles. The van der Waals surface area contributed by atoms with Gasteiger partial charge in [0.25, 0.3) is 0 Å². The van der Waals surface area contributed by atoms with Crippen molar-refractivity contribution in [2.24, 2.45) is 0 Å². The van der Waals surface area contributed by atoms with Crippen LogP contribution in [-0.4, -0.2) is 45.1 Å². The molecule has 0 unspecified atom stereocenters. The first-order valence-corrected chi connectivity index (χ1v) is 12.6. The number of hydrogen-bond donors (Lipinski definition) is 2. The molecule has 1 fully saturated rings. The van der Waals surface area contributed by atoms with Crippen LogP contribution in [0, 0.1) is 5.82 Å². The van der Waals surface area contributed by atoms with E-state index in [1.807, 2.05) is 25.2 Å². The second kappa shape index (κ2) is 9.81. The van der Waals surface area contributed by atoms with Crippen LogP contribution in [-0.2, 0) is 5.60 Å². The number of aliphatic hydroxyl groups is 1. The average molecular weight is 490 g/mol. The maximum Gasteiger partial charge on any atom is 0.223 e. The normalized spacial score (nSPS) is 16.7. The van der Waals surface area contributed by atoms with Crippen LogP contribution in [0.3, 0.4) is 0 Å². The van der Waals surface area contributed by atoms with Gasteiger partial charge in [-0.05, 0) is 50.6 Å². The van der Waals surface area contributed by atoms with Gasteiger partial charge in [0.05, 0.1) is 22.3 Å². The molecule has 1 aliphatic rings. The van der Waals surface area contributed by atoms with Crippen molar-refractivity contribution in [3.8, 4) is 21.8 Å². The third-order valence-corrected chi connectivity index (χ3v) is 7.77. The van der Waals surface area contributed by atoms with E-state index in [2.05, 4.69) is 34.3 Å². The van der Waals surface area contributed by atoms with Crippen LogP contribution in [0.2, 0.25) is 0 Å². The lowest BCUT2D eigenvalue weighted by molar-refractivity contribution is -0.0203. The molecule has 0 bridgehead atoms. The summed E-state index contributed by atoms with van der Waals surface area (Å²) in [5.74, 6) is 0.123. The van der Waals surface area contributed by atoms with Gasteiger partial charge in [0.2, 0.25) is 5.95 Å². The number of rotatable bonds is 6. The zero-order valence-electron chi connectivity index (χ0n) is 19.8. The van der Waals surface area contributed by atoms with Crippen LogP contribution >= 0.6 is 11.3 Å². The van der Waals surface area contributed by atoms with Gasteiger partial charge in [0.15, 0.2) is 0 Å². The Kier molecular flexibility index (Phi) is 6.60. The fourth-order valence-electron chi connectivity index (χ4n) is 4.30. The average Bonchev–Trinajstić information content (AvgIpc) is 3.33. The summed E-state index contributed by atoms with van der Waals surface area (Å²) < 4.78 is 14.9. The molecule has 3 heterocycles. The predicted octanol–water partition coefficient (Wildman–Crippen LogP) is 5.49. The number of piperidine rings is 1. The number of benzene rings is 2. The van der Waals surface area contributed by atoms with E-state index in [0.717, 1.165) is 23.5 Å². The Balaban J connectivity index is 1.54. The van der Waals surface area contributed by atoms with Crippen molar-refractivity contribution in [1.82, 2.24) is 19.9 Å². The van der Waals surface area contributed by atoms with Gasteiger partial charge in [-0.3, -0.25) is 0 Å². The maximum absolute atomic E-state index is 14.9. The minimum absolute atomic E-state index is 0.00875. The van der Waals surface area contributed by atoms with Gasteiger partial charge in [-0.25, -0.2) is 19.3 Å². The van der Waals surface area contributed by atoms with Gasteiger partial charge in [0, 0.05) is 24.8 Å². The van der Waals surface area contributed by atoms with Crippen LogP contribution in [0.25, 0.3) is 21.8 Å². The fraction of sp³-hybridized carbons (Fsp3) is 0.296. The number of anilines is 1. The molecular weight excluding hydrogens is 461 g/mol. The Morgan fingerprint density at radius 2 is 1.74 bits per heavy atom. The summed E-state index contributed by atoms with van der Waals surface area (Å²) in [5, 5.41) is 15.4. The lowest BCUT2D eigenvalue weighted by Gasteiger charge is -2.34. The highest BCUT2D eigenvalue weighted by atomic mass is 32.1. The lowest BCUT2D eigenvalue weighted by atomic mass is 9.92. The van der Waals surface area contributed by atoms with Crippen molar-refractivity contribution in [3.05, 3.63) is 83.2 Å². The van der Waals surface area contributed by atoms with Crippen molar-refractivity contribution in [2.75, 3.05) is 25.5 Å². The summed E-state index contributed by atoms with van der Waals surface area (Å²) in [6, 6.07) is 18.5. The highest BCUT2D eigenvalue weighted by Gasteiger charge is 2.37. The fourth-order valence-corrected chi connectivity index (χ4v) is 5.50. The molecule has 2 aromatic heterocycles. The summed E-state index contributed by atoms with van der Waals surface area (Å²) in [6.45, 7) is 3.61. The topological polar surface area (TPSA) is 74.2 Å². The number of hydrogen-bond acceptors (Lipinski definition) is 7. The monoisotopic (exact) mass is 489 g/mol. The van der Waals surface area contributed by atoms with Gasteiger partial charge in [-0.1, -0.05) is 42.5 Å². The molecule has 0 saturated carbocycles. The first-order valence-electron chi connectivity index (χ1n) is 11.7. The number of halogens is 1. The van der Waals surface area contributed by atoms with E-state index < -0.39 is 5.60 Å². The van der Waals surface area contributed by atoms with E-state index in [9.17, 15) is 9.50 Å². The standard InChI is InChI=1S/C27H28FN5OS/c1-18(19-8-4-3-5-9-19)30-26-29-15-12-22(31-26)24-23(20-10-6-7-11-21(20)28)32-25(35-24)27(34)13-16-33(2)17-14-27/h3-12,15,18,34H,13-14,16-17H2,1-2H3,(H,29,30,31)/t18-/m0/s1. The molecule has 5 rings (SSSR count). The molecule has 1 aliphatic heterocycles. The molecule has 35 heavy (non-hydrogen) atoms. The van der Waals surface area contributed by atoms with E-state index in [1.54, 1.807) is 30.5 Å². The van der Waals surface area contributed by atoms with Gasteiger partial charge in [0.1, 0.15) is 16.4 Å². The minimum Gasteiger partial charge on any atom is -0.383 e. The number of likely N-dealkylation sites (tertiary alicyclic amines) is 1. The first-order chi connectivity index (χ1) is 16.9. The highest BCUT2D eigenvalue weighted by Crippen LogP contribution is 2.43.